The number of carbonyl (C=O) groups excluding carboxylic acids is 2. The van der Waals surface area contributed by atoms with E-state index in [-0.39, 0.29) is 23.2 Å². The van der Waals surface area contributed by atoms with Crippen LogP contribution in [0.1, 0.15) is 59.6 Å². The van der Waals surface area contributed by atoms with Gasteiger partial charge in [-0.3, -0.25) is 4.79 Å². The van der Waals surface area contributed by atoms with Crippen LogP contribution in [0.3, 0.4) is 0 Å². The Morgan fingerprint density at radius 3 is 2.52 bits per heavy atom. The van der Waals surface area contributed by atoms with Gasteiger partial charge in [-0.25, -0.2) is 9.18 Å². The Balaban J connectivity index is 2.12. The van der Waals surface area contributed by atoms with Crippen LogP contribution in [0.2, 0.25) is 0 Å². The third-order valence-electron chi connectivity index (χ3n) is 4.94. The molecule has 29 heavy (non-hydrogen) atoms. The molecule has 1 aromatic heterocycles. The minimum Gasteiger partial charge on any atom is -0.459 e. The molecule has 0 N–H and O–H groups in total. The summed E-state index contributed by atoms with van der Waals surface area (Å²) in [5.41, 5.74) is 2.63. The van der Waals surface area contributed by atoms with Crippen molar-refractivity contribution in [2.24, 2.45) is 0 Å². The molecule has 1 aliphatic heterocycles. The highest BCUT2D eigenvalue weighted by molar-refractivity contribution is 7.10. The first kappa shape index (κ1) is 21.2. The number of aryl methyl sites for hydroxylation is 2. The van der Waals surface area contributed by atoms with Gasteiger partial charge in [0.2, 0.25) is 0 Å². The first-order valence-electron chi connectivity index (χ1n) is 9.60. The Hall–Kier alpha value is -2.47. The molecule has 6 heteroatoms. The molecule has 2 heterocycles. The summed E-state index contributed by atoms with van der Waals surface area (Å²) in [7, 11) is 0. The number of carbonyl (C=O) groups is 2. The molecule has 4 nitrogen and oxygen atoms in total. The van der Waals surface area contributed by atoms with Gasteiger partial charge in [-0.05, 0) is 62.4 Å². The molecule has 0 aliphatic carbocycles. The van der Waals surface area contributed by atoms with Crippen molar-refractivity contribution in [3.05, 3.63) is 62.7 Å². The van der Waals surface area contributed by atoms with Crippen LogP contribution >= 0.6 is 11.3 Å². The molecule has 154 valence electrons. The van der Waals surface area contributed by atoms with Gasteiger partial charge in [0, 0.05) is 34.2 Å². The predicted octanol–water partition coefficient (Wildman–Crippen LogP) is 5.23. The first-order chi connectivity index (χ1) is 13.5. The van der Waals surface area contributed by atoms with E-state index in [0.717, 1.165) is 16.0 Å². The smallest absolute Gasteiger partial charge is 0.340 e. The Morgan fingerprint density at radius 2 is 1.90 bits per heavy atom. The summed E-state index contributed by atoms with van der Waals surface area (Å²) < 4.78 is 19.1. The maximum atomic E-state index is 13.7. The SMILES string of the molecule is Cc1cc(C(=O)N2C=C(C(=O)OC(C)C)c3c(C)csc3C(C)(C)C2)ccc1F. The predicted molar refractivity (Wildman–Crippen MR) is 113 cm³/mol. The largest absolute Gasteiger partial charge is 0.459 e. The van der Waals surface area contributed by atoms with Crippen LogP contribution in [-0.2, 0) is 14.9 Å². The number of benzene rings is 1. The summed E-state index contributed by atoms with van der Waals surface area (Å²) >= 11 is 1.59. The number of fused-ring (bicyclic) bond motifs is 1. The number of ether oxygens (including phenoxy) is 1. The van der Waals surface area contributed by atoms with Gasteiger partial charge in [0.25, 0.3) is 5.91 Å². The molecular formula is C23H26FNO3S. The zero-order valence-corrected chi connectivity index (χ0v) is 18.4. The highest BCUT2D eigenvalue weighted by Gasteiger charge is 2.37. The highest BCUT2D eigenvalue weighted by atomic mass is 32.1. The molecule has 0 saturated heterocycles. The van der Waals surface area contributed by atoms with Crippen molar-refractivity contribution < 1.29 is 18.7 Å². The van der Waals surface area contributed by atoms with Gasteiger partial charge >= 0.3 is 5.97 Å². The van der Waals surface area contributed by atoms with Crippen molar-refractivity contribution in [2.75, 3.05) is 6.54 Å². The monoisotopic (exact) mass is 415 g/mol. The number of amides is 1. The number of thiophene rings is 1. The Labute approximate surface area is 175 Å². The minimum atomic E-state index is -0.450. The van der Waals surface area contributed by atoms with E-state index in [2.05, 4.69) is 13.8 Å². The van der Waals surface area contributed by atoms with Crippen LogP contribution in [0.4, 0.5) is 4.39 Å². The molecule has 0 saturated carbocycles. The maximum Gasteiger partial charge on any atom is 0.340 e. The fourth-order valence-electron chi connectivity index (χ4n) is 3.55. The van der Waals surface area contributed by atoms with E-state index in [0.29, 0.717) is 23.2 Å². The fraction of sp³-hybridized carbons (Fsp3) is 0.391. The van der Waals surface area contributed by atoms with Crippen molar-refractivity contribution >= 4 is 28.8 Å². The number of halogens is 1. The lowest BCUT2D eigenvalue weighted by molar-refractivity contribution is -0.140. The van der Waals surface area contributed by atoms with Crippen LogP contribution in [0.5, 0.6) is 0 Å². The van der Waals surface area contributed by atoms with E-state index in [1.54, 1.807) is 43.2 Å². The van der Waals surface area contributed by atoms with E-state index in [4.69, 9.17) is 4.74 Å². The second kappa shape index (κ2) is 7.75. The molecular weight excluding hydrogens is 389 g/mol. The molecule has 1 aromatic carbocycles. The molecule has 3 rings (SSSR count). The van der Waals surface area contributed by atoms with Crippen molar-refractivity contribution in [3.8, 4) is 0 Å². The number of hydrogen-bond donors (Lipinski definition) is 0. The molecule has 0 unspecified atom stereocenters. The molecule has 1 amide bonds. The Bertz CT molecular complexity index is 1000. The van der Waals surface area contributed by atoms with Crippen molar-refractivity contribution in [1.82, 2.24) is 4.90 Å². The second-order valence-electron chi connectivity index (χ2n) is 8.40. The average Bonchev–Trinajstić information content (AvgIpc) is 2.96. The van der Waals surface area contributed by atoms with Gasteiger partial charge in [0.1, 0.15) is 5.82 Å². The fourth-order valence-corrected chi connectivity index (χ4v) is 4.73. The van der Waals surface area contributed by atoms with Crippen molar-refractivity contribution in [3.63, 3.8) is 0 Å². The molecule has 0 fully saturated rings. The summed E-state index contributed by atoms with van der Waals surface area (Å²) in [4.78, 5) is 28.8. The van der Waals surface area contributed by atoms with Gasteiger partial charge in [-0.2, -0.15) is 0 Å². The van der Waals surface area contributed by atoms with Gasteiger partial charge in [0.05, 0.1) is 11.7 Å². The third-order valence-corrected chi connectivity index (χ3v) is 6.40. The quantitative estimate of drug-likeness (QED) is 0.645. The lowest BCUT2D eigenvalue weighted by Gasteiger charge is -2.29. The van der Waals surface area contributed by atoms with E-state index >= 15 is 0 Å². The van der Waals surface area contributed by atoms with Gasteiger partial charge in [0.15, 0.2) is 0 Å². The molecule has 0 bridgehead atoms. The number of rotatable bonds is 3. The van der Waals surface area contributed by atoms with Gasteiger partial charge in [-0.15, -0.1) is 11.3 Å². The minimum absolute atomic E-state index is 0.272. The zero-order chi connectivity index (χ0) is 21.5. The Kier molecular flexibility index (Phi) is 5.68. The van der Waals surface area contributed by atoms with Crippen molar-refractivity contribution in [2.45, 2.75) is 53.1 Å². The summed E-state index contributed by atoms with van der Waals surface area (Å²) in [6.45, 7) is 11.7. The van der Waals surface area contributed by atoms with Crippen LogP contribution < -0.4 is 0 Å². The lowest BCUT2D eigenvalue weighted by atomic mass is 9.86. The van der Waals surface area contributed by atoms with E-state index in [1.165, 1.54) is 18.2 Å². The highest BCUT2D eigenvalue weighted by Crippen LogP contribution is 2.41. The van der Waals surface area contributed by atoms with Gasteiger partial charge in [-0.1, -0.05) is 13.8 Å². The molecule has 0 spiro atoms. The lowest BCUT2D eigenvalue weighted by Crippen LogP contribution is -2.36. The third kappa shape index (κ3) is 4.13. The molecule has 2 aromatic rings. The van der Waals surface area contributed by atoms with Crippen LogP contribution in [0.15, 0.2) is 29.8 Å². The summed E-state index contributed by atoms with van der Waals surface area (Å²) in [5.74, 6) is -1.08. The zero-order valence-electron chi connectivity index (χ0n) is 17.6. The van der Waals surface area contributed by atoms with E-state index in [9.17, 15) is 14.0 Å². The number of nitrogens with zero attached hydrogens (tertiary/aromatic N) is 1. The van der Waals surface area contributed by atoms with Gasteiger partial charge < -0.3 is 9.64 Å². The molecule has 0 atom stereocenters. The summed E-state index contributed by atoms with van der Waals surface area (Å²) in [6, 6.07) is 4.31. The van der Waals surface area contributed by atoms with Crippen LogP contribution in [0, 0.1) is 19.7 Å². The van der Waals surface area contributed by atoms with E-state index < -0.39 is 5.97 Å². The van der Waals surface area contributed by atoms with Crippen molar-refractivity contribution in [1.29, 1.82) is 0 Å². The Morgan fingerprint density at radius 1 is 1.21 bits per heavy atom. The van der Waals surface area contributed by atoms with E-state index in [1.807, 2.05) is 12.3 Å². The number of esters is 1. The molecule has 0 radical (unpaired) electrons. The van der Waals surface area contributed by atoms with Crippen LogP contribution in [-0.4, -0.2) is 29.4 Å². The maximum absolute atomic E-state index is 13.7. The second-order valence-corrected chi connectivity index (χ2v) is 9.28. The standard InChI is InChI=1S/C23H26FNO3S/c1-13(2)28-22(27)17-10-25(21(26)16-7-8-18(24)14(3)9-16)12-23(5,6)20-19(17)15(4)11-29-20/h7-11,13H,12H2,1-6H3. The summed E-state index contributed by atoms with van der Waals surface area (Å²) in [5, 5.41) is 2.03. The number of hydrogen-bond acceptors (Lipinski definition) is 4. The normalized spacial score (nSPS) is 15.6. The first-order valence-corrected chi connectivity index (χ1v) is 10.5. The van der Waals surface area contributed by atoms with Crippen LogP contribution in [0.25, 0.3) is 5.57 Å². The molecule has 1 aliphatic rings. The summed E-state index contributed by atoms with van der Waals surface area (Å²) in [6.07, 6.45) is 1.32. The average molecular weight is 416 g/mol. The topological polar surface area (TPSA) is 46.6 Å².